The summed E-state index contributed by atoms with van der Waals surface area (Å²) in [7, 11) is 3.33. The first-order chi connectivity index (χ1) is 15.1. The number of fused-ring (bicyclic) bond motifs is 1. The topological polar surface area (TPSA) is 59.3 Å². The van der Waals surface area contributed by atoms with Gasteiger partial charge in [0, 0.05) is 50.6 Å². The summed E-state index contributed by atoms with van der Waals surface area (Å²) in [4.78, 5) is 21.2. The highest BCUT2D eigenvalue weighted by Gasteiger charge is 2.21. The third kappa shape index (κ3) is 4.68. The summed E-state index contributed by atoms with van der Waals surface area (Å²) < 4.78 is 12.7. The van der Waals surface area contributed by atoms with Crippen molar-refractivity contribution in [1.29, 1.82) is 0 Å². The Morgan fingerprint density at radius 2 is 1.94 bits per heavy atom. The van der Waals surface area contributed by atoms with Crippen molar-refractivity contribution in [3.05, 3.63) is 65.1 Å². The van der Waals surface area contributed by atoms with Gasteiger partial charge in [-0.2, -0.15) is 0 Å². The molecular weight excluding hydrogens is 416 g/mol. The molecule has 1 amide bonds. The van der Waals surface area contributed by atoms with Crippen LogP contribution in [-0.4, -0.2) is 65.5 Å². The Morgan fingerprint density at radius 1 is 1.13 bits per heavy atom. The molecule has 0 bridgehead atoms. The van der Waals surface area contributed by atoms with Gasteiger partial charge in [-0.05, 0) is 36.4 Å². The number of piperazine rings is 1. The van der Waals surface area contributed by atoms with Gasteiger partial charge in [-0.1, -0.05) is 17.7 Å². The van der Waals surface area contributed by atoms with Crippen LogP contribution in [-0.2, 0) is 11.3 Å². The Labute approximate surface area is 186 Å². The van der Waals surface area contributed by atoms with Gasteiger partial charge in [0.25, 0.3) is 0 Å². The van der Waals surface area contributed by atoms with Crippen LogP contribution in [0.2, 0.25) is 5.15 Å². The summed E-state index contributed by atoms with van der Waals surface area (Å²) in [5, 5.41) is 0.382. The second-order valence-electron chi connectivity index (χ2n) is 7.33. The number of pyridine rings is 1. The van der Waals surface area contributed by atoms with E-state index in [9.17, 15) is 4.79 Å². The summed E-state index contributed by atoms with van der Waals surface area (Å²) in [6.07, 6.45) is 5.19. The summed E-state index contributed by atoms with van der Waals surface area (Å²) in [5.74, 6) is 1.62. The number of hydrogen-bond acceptors (Lipinski definition) is 5. The van der Waals surface area contributed by atoms with Crippen LogP contribution in [0.15, 0.2) is 48.7 Å². The van der Waals surface area contributed by atoms with Gasteiger partial charge in [0.15, 0.2) is 5.15 Å². The second-order valence-corrected chi connectivity index (χ2v) is 7.69. The van der Waals surface area contributed by atoms with Crippen molar-refractivity contribution in [2.75, 3.05) is 40.4 Å². The Hall–Kier alpha value is -3.03. The minimum absolute atomic E-state index is 0.0273. The fourth-order valence-electron chi connectivity index (χ4n) is 3.76. The van der Waals surface area contributed by atoms with Gasteiger partial charge in [-0.25, -0.2) is 4.98 Å². The molecule has 0 saturated carbocycles. The zero-order valence-electron chi connectivity index (χ0n) is 17.6. The van der Waals surface area contributed by atoms with Crippen molar-refractivity contribution in [2.24, 2.45) is 0 Å². The third-order valence-electron chi connectivity index (χ3n) is 5.47. The molecule has 0 unspecified atom stereocenters. The number of carbonyl (C=O) groups is 1. The first kappa shape index (κ1) is 21.2. The molecule has 1 aliphatic heterocycles. The molecule has 0 spiro atoms. The molecule has 0 radical (unpaired) electrons. The quantitative estimate of drug-likeness (QED) is 0.550. The third-order valence-corrected chi connectivity index (χ3v) is 5.75. The smallest absolute Gasteiger partial charge is 0.246 e. The van der Waals surface area contributed by atoms with Crippen LogP contribution in [0, 0.1) is 0 Å². The summed E-state index contributed by atoms with van der Waals surface area (Å²) in [6.45, 7) is 3.65. The van der Waals surface area contributed by atoms with Crippen LogP contribution < -0.4 is 9.47 Å². The first-order valence-corrected chi connectivity index (χ1v) is 10.5. The normalized spacial score (nSPS) is 15.0. The summed E-state index contributed by atoms with van der Waals surface area (Å²) >= 11 is 6.25. The van der Waals surface area contributed by atoms with Crippen LogP contribution in [0.25, 0.3) is 11.7 Å². The molecule has 1 saturated heterocycles. The molecule has 1 aromatic carbocycles. The lowest BCUT2D eigenvalue weighted by Gasteiger charge is -2.34. The van der Waals surface area contributed by atoms with Crippen molar-refractivity contribution in [1.82, 2.24) is 19.2 Å². The number of rotatable bonds is 6. The highest BCUT2D eigenvalue weighted by atomic mass is 35.5. The van der Waals surface area contributed by atoms with Crippen molar-refractivity contribution in [3.8, 4) is 11.5 Å². The average molecular weight is 441 g/mol. The standard InChI is InChI=1S/C23H25ClN4O3/c1-30-18-6-8-20(31-2)17(15-18)16-26-11-13-27(14-12-26)22(29)9-7-19-23(24)25-21-5-3-4-10-28(19)21/h3-10,15H,11-14,16H2,1-2H3/b9-7+. The number of aromatic nitrogens is 2. The van der Waals surface area contributed by atoms with Crippen molar-refractivity contribution in [2.45, 2.75) is 6.54 Å². The molecule has 0 atom stereocenters. The van der Waals surface area contributed by atoms with Gasteiger partial charge in [-0.15, -0.1) is 0 Å². The van der Waals surface area contributed by atoms with Crippen molar-refractivity contribution >= 4 is 29.2 Å². The SMILES string of the molecule is COc1ccc(OC)c(CN2CCN(C(=O)/C=C/c3c(Cl)nc4ccccn34)CC2)c1. The second kappa shape index (κ2) is 9.41. The monoisotopic (exact) mass is 440 g/mol. The number of carbonyl (C=O) groups excluding carboxylic acids is 1. The van der Waals surface area contributed by atoms with Crippen LogP contribution in [0.5, 0.6) is 11.5 Å². The minimum Gasteiger partial charge on any atom is -0.497 e. The van der Waals surface area contributed by atoms with Crippen LogP contribution in [0.4, 0.5) is 0 Å². The Balaban J connectivity index is 1.37. The molecule has 2 aromatic heterocycles. The Kier molecular flexibility index (Phi) is 6.44. The van der Waals surface area contributed by atoms with E-state index in [1.54, 1.807) is 26.4 Å². The Bertz CT molecular complexity index is 1100. The van der Waals surface area contributed by atoms with Gasteiger partial charge in [0.05, 0.1) is 19.9 Å². The zero-order valence-corrected chi connectivity index (χ0v) is 18.4. The molecule has 1 fully saturated rings. The number of methoxy groups -OCH3 is 2. The van der Waals surface area contributed by atoms with Crippen LogP contribution in [0.1, 0.15) is 11.3 Å². The van der Waals surface area contributed by atoms with Crippen LogP contribution >= 0.6 is 11.6 Å². The van der Waals surface area contributed by atoms with E-state index in [1.807, 2.05) is 51.9 Å². The molecule has 8 heteroatoms. The van der Waals surface area contributed by atoms with E-state index in [4.69, 9.17) is 21.1 Å². The zero-order chi connectivity index (χ0) is 21.8. The van der Waals surface area contributed by atoms with E-state index in [-0.39, 0.29) is 5.91 Å². The molecular formula is C23H25ClN4O3. The number of benzene rings is 1. The molecule has 0 N–H and O–H groups in total. The highest BCUT2D eigenvalue weighted by molar-refractivity contribution is 6.31. The number of ether oxygens (including phenoxy) is 2. The van der Waals surface area contributed by atoms with E-state index < -0.39 is 0 Å². The lowest BCUT2D eigenvalue weighted by molar-refractivity contribution is -0.127. The van der Waals surface area contributed by atoms with E-state index in [0.29, 0.717) is 23.9 Å². The predicted octanol–water partition coefficient (Wildman–Crippen LogP) is 3.36. The van der Waals surface area contributed by atoms with E-state index in [1.165, 1.54) is 0 Å². The van der Waals surface area contributed by atoms with Gasteiger partial charge in [-0.3, -0.25) is 14.1 Å². The predicted molar refractivity (Wildman–Crippen MR) is 121 cm³/mol. The van der Waals surface area contributed by atoms with Gasteiger partial charge in [0.1, 0.15) is 17.1 Å². The molecule has 0 aliphatic carbocycles. The number of amides is 1. The maximum absolute atomic E-state index is 12.7. The van der Waals surface area contributed by atoms with E-state index >= 15 is 0 Å². The van der Waals surface area contributed by atoms with Crippen molar-refractivity contribution < 1.29 is 14.3 Å². The maximum Gasteiger partial charge on any atom is 0.246 e. The molecule has 31 heavy (non-hydrogen) atoms. The number of nitrogens with zero attached hydrogens (tertiary/aromatic N) is 4. The molecule has 162 valence electrons. The maximum atomic E-state index is 12.7. The first-order valence-electron chi connectivity index (χ1n) is 10.1. The minimum atomic E-state index is -0.0273. The molecule has 4 rings (SSSR count). The molecule has 3 aromatic rings. The van der Waals surface area contributed by atoms with Crippen LogP contribution in [0.3, 0.4) is 0 Å². The number of halogens is 1. The molecule has 3 heterocycles. The summed E-state index contributed by atoms with van der Waals surface area (Å²) in [6, 6.07) is 11.5. The largest absolute Gasteiger partial charge is 0.497 e. The average Bonchev–Trinajstić information content (AvgIpc) is 3.12. The number of imidazole rings is 1. The van der Waals surface area contributed by atoms with Crippen molar-refractivity contribution in [3.63, 3.8) is 0 Å². The highest BCUT2D eigenvalue weighted by Crippen LogP contribution is 2.26. The van der Waals surface area contributed by atoms with Gasteiger partial charge in [0.2, 0.25) is 5.91 Å². The lowest BCUT2D eigenvalue weighted by atomic mass is 10.1. The fourth-order valence-corrected chi connectivity index (χ4v) is 4.00. The van der Waals surface area contributed by atoms with Gasteiger partial charge < -0.3 is 14.4 Å². The molecule has 7 nitrogen and oxygen atoms in total. The lowest BCUT2D eigenvalue weighted by Crippen LogP contribution is -2.47. The summed E-state index contributed by atoms with van der Waals surface area (Å²) in [5.41, 5.74) is 2.53. The van der Waals surface area contributed by atoms with Gasteiger partial charge >= 0.3 is 0 Å². The van der Waals surface area contributed by atoms with E-state index in [0.717, 1.165) is 42.3 Å². The number of hydrogen-bond donors (Lipinski definition) is 0. The molecule has 1 aliphatic rings. The fraction of sp³-hybridized carbons (Fsp3) is 0.304. The Morgan fingerprint density at radius 3 is 2.68 bits per heavy atom. The van der Waals surface area contributed by atoms with E-state index in [2.05, 4.69) is 9.88 Å².